The van der Waals surface area contributed by atoms with Gasteiger partial charge in [0.1, 0.15) is 12.7 Å². The quantitative estimate of drug-likeness (QED) is 0.588. The molecule has 1 aliphatic rings. The summed E-state index contributed by atoms with van der Waals surface area (Å²) in [6.45, 7) is 5.82. The molecule has 4 atom stereocenters. The van der Waals surface area contributed by atoms with Crippen molar-refractivity contribution in [1.82, 2.24) is 10.6 Å². The molecule has 0 aliphatic carbocycles. The number of para-hydroxylation sites is 2. The van der Waals surface area contributed by atoms with Crippen LogP contribution in [0, 0.1) is 0 Å². The van der Waals surface area contributed by atoms with Gasteiger partial charge in [0.15, 0.2) is 11.5 Å². The van der Waals surface area contributed by atoms with Crippen LogP contribution in [0.5, 0.6) is 11.5 Å². The summed E-state index contributed by atoms with van der Waals surface area (Å²) in [5.41, 5.74) is 1.35. The fourth-order valence-corrected chi connectivity index (χ4v) is 3.27. The lowest BCUT2D eigenvalue weighted by molar-refractivity contribution is 0.0611. The van der Waals surface area contributed by atoms with Crippen LogP contribution in [-0.4, -0.2) is 49.1 Å². The monoisotopic (exact) mass is 384 g/mol. The Morgan fingerprint density at radius 1 is 0.964 bits per heavy atom. The van der Waals surface area contributed by atoms with Gasteiger partial charge in [0.05, 0.1) is 6.10 Å². The van der Waals surface area contributed by atoms with E-state index in [0.717, 1.165) is 24.3 Å². The highest BCUT2D eigenvalue weighted by atomic mass is 16.6. The van der Waals surface area contributed by atoms with Gasteiger partial charge >= 0.3 is 0 Å². The molecule has 0 amide bonds. The zero-order valence-corrected chi connectivity index (χ0v) is 16.8. The van der Waals surface area contributed by atoms with Crippen LogP contribution in [0.2, 0.25) is 0 Å². The summed E-state index contributed by atoms with van der Waals surface area (Å²) in [7, 11) is 0. The SMILES string of the molecule is C[C@H](CCc1ccccc1)NC[C@@H](O)CN[C@@H](C)[C@H]1COc2ccccc2O1. The number of hydrogen-bond acceptors (Lipinski definition) is 5. The highest BCUT2D eigenvalue weighted by molar-refractivity contribution is 5.40. The summed E-state index contributed by atoms with van der Waals surface area (Å²) in [6, 6.07) is 18.7. The van der Waals surface area contributed by atoms with Crippen molar-refractivity contribution in [2.24, 2.45) is 0 Å². The van der Waals surface area contributed by atoms with E-state index in [1.165, 1.54) is 5.56 Å². The topological polar surface area (TPSA) is 62.8 Å². The van der Waals surface area contributed by atoms with Crippen molar-refractivity contribution < 1.29 is 14.6 Å². The second kappa shape index (κ2) is 10.5. The molecule has 5 heteroatoms. The molecule has 5 nitrogen and oxygen atoms in total. The van der Waals surface area contributed by atoms with Crippen molar-refractivity contribution in [1.29, 1.82) is 0 Å². The maximum absolute atomic E-state index is 10.3. The Hall–Kier alpha value is -2.08. The minimum atomic E-state index is -0.446. The van der Waals surface area contributed by atoms with Crippen LogP contribution >= 0.6 is 0 Å². The third-order valence-electron chi connectivity index (χ3n) is 5.17. The first kappa shape index (κ1) is 20.6. The molecule has 0 aromatic heterocycles. The fraction of sp³-hybridized carbons (Fsp3) is 0.478. The van der Waals surface area contributed by atoms with Gasteiger partial charge in [0.25, 0.3) is 0 Å². The number of hydrogen-bond donors (Lipinski definition) is 3. The van der Waals surface area contributed by atoms with Crippen LogP contribution in [0.4, 0.5) is 0 Å². The number of rotatable bonds is 10. The first-order chi connectivity index (χ1) is 13.6. The molecule has 0 bridgehead atoms. The van der Waals surface area contributed by atoms with Crippen molar-refractivity contribution in [2.45, 2.75) is 51.0 Å². The van der Waals surface area contributed by atoms with E-state index in [1.807, 2.05) is 30.3 Å². The van der Waals surface area contributed by atoms with Crippen molar-refractivity contribution in [3.05, 3.63) is 60.2 Å². The van der Waals surface area contributed by atoms with Crippen molar-refractivity contribution >= 4 is 0 Å². The van der Waals surface area contributed by atoms with E-state index in [-0.39, 0.29) is 12.1 Å². The Labute approximate surface area is 168 Å². The minimum Gasteiger partial charge on any atom is -0.486 e. The third-order valence-corrected chi connectivity index (χ3v) is 5.17. The normalized spacial score (nSPS) is 19.0. The van der Waals surface area contributed by atoms with Crippen LogP contribution in [-0.2, 0) is 6.42 Å². The molecule has 28 heavy (non-hydrogen) atoms. The van der Waals surface area contributed by atoms with Gasteiger partial charge in [-0.05, 0) is 44.4 Å². The van der Waals surface area contributed by atoms with E-state index in [4.69, 9.17) is 9.47 Å². The van der Waals surface area contributed by atoms with Crippen LogP contribution in [0.25, 0.3) is 0 Å². The van der Waals surface area contributed by atoms with Crippen molar-refractivity contribution in [2.75, 3.05) is 19.7 Å². The standard InChI is InChI=1S/C23H32N2O3/c1-17(12-13-19-8-4-3-5-9-19)24-14-20(26)15-25-18(2)23-16-27-21-10-6-7-11-22(21)28-23/h3-11,17-18,20,23-26H,12-16H2,1-2H3/t17-,18+,20-,23-/m1/s1. The van der Waals surface area contributed by atoms with E-state index in [1.54, 1.807) is 0 Å². The van der Waals surface area contributed by atoms with Crippen molar-refractivity contribution in [3.63, 3.8) is 0 Å². The summed E-state index contributed by atoms with van der Waals surface area (Å²) >= 11 is 0. The Balaban J connectivity index is 1.32. The molecule has 0 saturated heterocycles. The Morgan fingerprint density at radius 3 is 2.43 bits per heavy atom. The molecule has 152 valence electrons. The third kappa shape index (κ3) is 6.23. The number of nitrogens with one attached hydrogen (secondary N) is 2. The molecule has 3 rings (SSSR count). The number of aliphatic hydroxyl groups is 1. The number of ether oxygens (including phenoxy) is 2. The predicted molar refractivity (Wildman–Crippen MR) is 112 cm³/mol. The lowest BCUT2D eigenvalue weighted by Crippen LogP contribution is -2.49. The smallest absolute Gasteiger partial charge is 0.161 e. The first-order valence-corrected chi connectivity index (χ1v) is 10.2. The summed E-state index contributed by atoms with van der Waals surface area (Å²) in [4.78, 5) is 0. The van der Waals surface area contributed by atoms with Gasteiger partial charge in [-0.1, -0.05) is 42.5 Å². The molecule has 1 aliphatic heterocycles. The number of benzene rings is 2. The lowest BCUT2D eigenvalue weighted by Gasteiger charge is -2.31. The molecule has 1 heterocycles. The van der Waals surface area contributed by atoms with Crippen LogP contribution in [0.1, 0.15) is 25.8 Å². The molecule has 0 fully saturated rings. The van der Waals surface area contributed by atoms with Gasteiger partial charge in [0, 0.05) is 25.2 Å². The van der Waals surface area contributed by atoms with Gasteiger partial charge in [-0.15, -0.1) is 0 Å². The second-order valence-electron chi connectivity index (χ2n) is 7.60. The maximum Gasteiger partial charge on any atom is 0.161 e. The Kier molecular flexibility index (Phi) is 7.71. The highest BCUT2D eigenvalue weighted by Crippen LogP contribution is 2.31. The molecule has 0 saturated carbocycles. The minimum absolute atomic E-state index is 0.0696. The lowest BCUT2D eigenvalue weighted by atomic mass is 10.1. The molecule has 3 N–H and O–H groups in total. The van der Waals surface area contributed by atoms with Gasteiger partial charge < -0.3 is 25.2 Å². The van der Waals surface area contributed by atoms with Gasteiger partial charge in [-0.25, -0.2) is 0 Å². The molecular weight excluding hydrogens is 352 g/mol. The summed E-state index contributed by atoms with van der Waals surface area (Å²) in [5, 5.41) is 17.1. The number of fused-ring (bicyclic) bond motifs is 1. The molecular formula is C23H32N2O3. The van der Waals surface area contributed by atoms with E-state index in [2.05, 4.69) is 48.7 Å². The van der Waals surface area contributed by atoms with Gasteiger partial charge in [0.2, 0.25) is 0 Å². The summed E-state index contributed by atoms with van der Waals surface area (Å²) in [5.74, 6) is 1.57. The second-order valence-corrected chi connectivity index (χ2v) is 7.60. The highest BCUT2D eigenvalue weighted by Gasteiger charge is 2.26. The number of aryl methyl sites for hydroxylation is 1. The van der Waals surface area contributed by atoms with Crippen molar-refractivity contribution in [3.8, 4) is 11.5 Å². The molecule has 0 radical (unpaired) electrons. The predicted octanol–water partition coefficient (Wildman–Crippen LogP) is 2.78. The summed E-state index contributed by atoms with van der Waals surface area (Å²) < 4.78 is 11.8. The van der Waals surface area contributed by atoms with Gasteiger partial charge in [-0.2, -0.15) is 0 Å². The van der Waals surface area contributed by atoms with E-state index < -0.39 is 6.10 Å². The van der Waals surface area contributed by atoms with Crippen LogP contribution < -0.4 is 20.1 Å². The largest absolute Gasteiger partial charge is 0.486 e. The van der Waals surface area contributed by atoms with E-state index in [9.17, 15) is 5.11 Å². The Bertz CT molecular complexity index is 710. The number of aliphatic hydroxyl groups excluding tert-OH is 1. The van der Waals surface area contributed by atoms with Gasteiger partial charge in [-0.3, -0.25) is 0 Å². The van der Waals surface area contributed by atoms with E-state index >= 15 is 0 Å². The molecule has 0 unspecified atom stereocenters. The zero-order valence-electron chi connectivity index (χ0n) is 16.8. The van der Waals surface area contributed by atoms with Crippen LogP contribution in [0.15, 0.2) is 54.6 Å². The van der Waals surface area contributed by atoms with Crippen LogP contribution in [0.3, 0.4) is 0 Å². The summed E-state index contributed by atoms with van der Waals surface area (Å²) in [6.07, 6.45) is 1.58. The molecule has 2 aromatic carbocycles. The maximum atomic E-state index is 10.3. The fourth-order valence-electron chi connectivity index (χ4n) is 3.27. The first-order valence-electron chi connectivity index (χ1n) is 10.2. The average Bonchev–Trinajstić information content (AvgIpc) is 2.75. The molecule has 0 spiro atoms. The van der Waals surface area contributed by atoms with E-state index in [0.29, 0.717) is 25.7 Å². The molecule has 2 aromatic rings. The zero-order chi connectivity index (χ0) is 19.8. The Morgan fingerprint density at radius 2 is 1.64 bits per heavy atom. The average molecular weight is 385 g/mol.